The van der Waals surface area contributed by atoms with E-state index in [4.69, 9.17) is 0 Å². The Morgan fingerprint density at radius 3 is 2.52 bits per heavy atom. The molecule has 154 valence electrons. The summed E-state index contributed by atoms with van der Waals surface area (Å²) in [5.74, 6) is 0.202. The number of hydrogen-bond donors (Lipinski definition) is 2. The highest BCUT2D eigenvalue weighted by atomic mass is 16.3. The Bertz CT molecular complexity index is 808. The van der Waals surface area contributed by atoms with Gasteiger partial charge < -0.3 is 20.2 Å². The molecule has 2 aromatic carbocycles. The molecule has 0 saturated carbocycles. The van der Waals surface area contributed by atoms with Crippen molar-refractivity contribution in [2.45, 2.75) is 26.2 Å². The fraction of sp³-hybridized carbons (Fsp3) is 0.391. The van der Waals surface area contributed by atoms with E-state index >= 15 is 0 Å². The predicted molar refractivity (Wildman–Crippen MR) is 115 cm³/mol. The van der Waals surface area contributed by atoms with Crippen molar-refractivity contribution in [1.82, 2.24) is 4.90 Å². The number of carbonyl (C=O) groups excluding carboxylic acids is 2. The Balaban J connectivity index is 1.57. The third-order valence-corrected chi connectivity index (χ3v) is 5.31. The summed E-state index contributed by atoms with van der Waals surface area (Å²) in [6, 6.07) is 16.9. The van der Waals surface area contributed by atoms with Crippen LogP contribution in [0.1, 0.15) is 25.3 Å². The number of benzene rings is 2. The summed E-state index contributed by atoms with van der Waals surface area (Å²) in [6.45, 7) is 3.99. The van der Waals surface area contributed by atoms with Crippen LogP contribution < -0.4 is 10.2 Å². The van der Waals surface area contributed by atoms with Crippen molar-refractivity contribution in [1.29, 1.82) is 0 Å². The fourth-order valence-corrected chi connectivity index (χ4v) is 3.69. The maximum atomic E-state index is 12.7. The van der Waals surface area contributed by atoms with Gasteiger partial charge in [-0.05, 0) is 55.5 Å². The molecule has 0 aromatic heterocycles. The van der Waals surface area contributed by atoms with Crippen LogP contribution in [0, 0.1) is 5.92 Å². The second kappa shape index (κ2) is 10.1. The number of nitrogens with one attached hydrogen (secondary N) is 1. The van der Waals surface area contributed by atoms with Crippen LogP contribution in [-0.2, 0) is 11.2 Å². The van der Waals surface area contributed by atoms with Gasteiger partial charge in [0.05, 0.1) is 6.42 Å². The third-order valence-electron chi connectivity index (χ3n) is 5.31. The maximum absolute atomic E-state index is 12.7. The van der Waals surface area contributed by atoms with Crippen molar-refractivity contribution in [3.05, 3.63) is 60.2 Å². The van der Waals surface area contributed by atoms with Gasteiger partial charge in [-0.1, -0.05) is 30.3 Å². The van der Waals surface area contributed by atoms with Gasteiger partial charge in [-0.3, -0.25) is 4.79 Å². The molecule has 1 saturated heterocycles. The summed E-state index contributed by atoms with van der Waals surface area (Å²) < 4.78 is 0. The Kier molecular flexibility index (Phi) is 7.25. The lowest BCUT2D eigenvalue weighted by Crippen LogP contribution is -2.43. The number of urea groups is 1. The highest BCUT2D eigenvalue weighted by Crippen LogP contribution is 2.19. The van der Waals surface area contributed by atoms with Gasteiger partial charge in [-0.2, -0.15) is 0 Å². The number of aliphatic hydroxyl groups is 1. The zero-order valence-electron chi connectivity index (χ0n) is 16.9. The number of hydrogen-bond acceptors (Lipinski definition) is 3. The van der Waals surface area contributed by atoms with Crippen LogP contribution in [0.2, 0.25) is 0 Å². The lowest BCUT2D eigenvalue weighted by Gasteiger charge is -2.31. The molecule has 29 heavy (non-hydrogen) atoms. The molecule has 6 nitrogen and oxygen atoms in total. The largest absolute Gasteiger partial charge is 0.396 e. The van der Waals surface area contributed by atoms with Crippen molar-refractivity contribution >= 4 is 23.3 Å². The number of likely N-dealkylation sites (tertiary alicyclic amines) is 1. The second-order valence-corrected chi connectivity index (χ2v) is 7.41. The normalized spacial score (nSPS) is 16.3. The molecule has 6 heteroatoms. The van der Waals surface area contributed by atoms with Crippen LogP contribution in [0.25, 0.3) is 0 Å². The van der Waals surface area contributed by atoms with Crippen LogP contribution in [0.3, 0.4) is 0 Å². The van der Waals surface area contributed by atoms with Crippen molar-refractivity contribution in [2.24, 2.45) is 5.92 Å². The van der Waals surface area contributed by atoms with Crippen molar-refractivity contribution in [2.75, 3.05) is 36.5 Å². The molecule has 2 aromatic rings. The Morgan fingerprint density at radius 1 is 1.14 bits per heavy atom. The Labute approximate surface area is 172 Å². The Morgan fingerprint density at radius 2 is 1.86 bits per heavy atom. The SMILES string of the molecule is CCN(C(=O)Cc1ccc(NC(=O)N2CCCC(CO)C2)cc1)c1ccccc1. The quantitative estimate of drug-likeness (QED) is 0.786. The number of carbonyl (C=O) groups is 2. The number of piperidine rings is 1. The van der Waals surface area contributed by atoms with E-state index in [2.05, 4.69) is 5.32 Å². The summed E-state index contributed by atoms with van der Waals surface area (Å²) in [5, 5.41) is 12.2. The van der Waals surface area contributed by atoms with Gasteiger partial charge in [0.1, 0.15) is 0 Å². The minimum atomic E-state index is -0.145. The molecule has 3 rings (SSSR count). The number of anilines is 2. The van der Waals surface area contributed by atoms with E-state index < -0.39 is 0 Å². The molecular formula is C23H29N3O3. The molecule has 1 unspecified atom stereocenters. The minimum Gasteiger partial charge on any atom is -0.396 e. The van der Waals surface area contributed by atoms with Gasteiger partial charge in [0.25, 0.3) is 0 Å². The van der Waals surface area contributed by atoms with E-state index in [1.807, 2.05) is 61.5 Å². The van der Waals surface area contributed by atoms with Gasteiger partial charge in [0, 0.05) is 37.6 Å². The number of rotatable bonds is 6. The van der Waals surface area contributed by atoms with Crippen LogP contribution >= 0.6 is 0 Å². The number of aliphatic hydroxyl groups excluding tert-OH is 1. The number of nitrogens with zero attached hydrogens (tertiary/aromatic N) is 2. The molecule has 3 amide bonds. The molecule has 1 aliphatic rings. The summed E-state index contributed by atoms with van der Waals surface area (Å²) in [7, 11) is 0. The minimum absolute atomic E-state index is 0.0406. The van der Waals surface area contributed by atoms with Crippen LogP contribution in [0.5, 0.6) is 0 Å². The summed E-state index contributed by atoms with van der Waals surface area (Å²) in [5.41, 5.74) is 2.50. The lowest BCUT2D eigenvalue weighted by atomic mass is 9.99. The van der Waals surface area contributed by atoms with Gasteiger partial charge in [0.15, 0.2) is 0 Å². The molecule has 0 radical (unpaired) electrons. The molecule has 0 aliphatic carbocycles. The van der Waals surface area contributed by atoms with Crippen LogP contribution in [0.15, 0.2) is 54.6 Å². The average Bonchev–Trinajstić information content (AvgIpc) is 2.76. The number of amides is 3. The van der Waals surface area contributed by atoms with Gasteiger partial charge in [-0.15, -0.1) is 0 Å². The van der Waals surface area contributed by atoms with E-state index in [0.717, 1.165) is 24.1 Å². The maximum Gasteiger partial charge on any atom is 0.321 e. The zero-order valence-corrected chi connectivity index (χ0v) is 16.9. The topological polar surface area (TPSA) is 72.9 Å². The van der Waals surface area contributed by atoms with E-state index in [0.29, 0.717) is 31.7 Å². The van der Waals surface area contributed by atoms with Crippen molar-refractivity contribution in [3.63, 3.8) is 0 Å². The molecule has 0 bridgehead atoms. The monoisotopic (exact) mass is 395 g/mol. The number of likely N-dealkylation sites (N-methyl/N-ethyl adjacent to an activating group) is 1. The van der Waals surface area contributed by atoms with Gasteiger partial charge >= 0.3 is 6.03 Å². The first kappa shape index (κ1) is 20.9. The highest BCUT2D eigenvalue weighted by molar-refractivity contribution is 5.95. The summed E-state index contributed by atoms with van der Waals surface area (Å²) >= 11 is 0. The first-order valence-electron chi connectivity index (χ1n) is 10.2. The molecule has 0 spiro atoms. The first-order chi connectivity index (χ1) is 14.1. The highest BCUT2D eigenvalue weighted by Gasteiger charge is 2.23. The molecule has 2 N–H and O–H groups in total. The molecule has 1 aliphatic heterocycles. The van der Waals surface area contributed by atoms with Crippen molar-refractivity contribution in [3.8, 4) is 0 Å². The van der Waals surface area contributed by atoms with Crippen LogP contribution in [0.4, 0.5) is 16.2 Å². The zero-order chi connectivity index (χ0) is 20.6. The summed E-state index contributed by atoms with van der Waals surface area (Å²) in [4.78, 5) is 28.7. The second-order valence-electron chi connectivity index (χ2n) is 7.41. The smallest absolute Gasteiger partial charge is 0.321 e. The third kappa shape index (κ3) is 5.57. The number of para-hydroxylation sites is 1. The van der Waals surface area contributed by atoms with Gasteiger partial charge in [-0.25, -0.2) is 4.79 Å². The van der Waals surface area contributed by atoms with Gasteiger partial charge in [0.2, 0.25) is 5.91 Å². The summed E-state index contributed by atoms with van der Waals surface area (Å²) in [6.07, 6.45) is 2.18. The molecule has 1 atom stereocenters. The lowest BCUT2D eigenvalue weighted by molar-refractivity contribution is -0.117. The van der Waals surface area contributed by atoms with E-state index in [1.54, 1.807) is 9.80 Å². The Hall–Kier alpha value is -2.86. The van der Waals surface area contributed by atoms with Crippen LogP contribution in [-0.4, -0.2) is 48.2 Å². The van der Waals surface area contributed by atoms with E-state index in [9.17, 15) is 14.7 Å². The molecule has 1 fully saturated rings. The standard InChI is InChI=1S/C23H29N3O3/c1-2-26(21-8-4-3-5-9-21)22(28)15-18-10-12-20(13-11-18)24-23(29)25-14-6-7-19(16-25)17-27/h3-5,8-13,19,27H,2,6-7,14-17H2,1H3,(H,24,29). The fourth-order valence-electron chi connectivity index (χ4n) is 3.69. The van der Waals surface area contributed by atoms with E-state index in [1.165, 1.54) is 0 Å². The first-order valence-corrected chi connectivity index (χ1v) is 10.2. The van der Waals surface area contributed by atoms with Crippen molar-refractivity contribution < 1.29 is 14.7 Å². The predicted octanol–water partition coefficient (Wildman–Crippen LogP) is 3.52. The van der Waals surface area contributed by atoms with E-state index in [-0.39, 0.29) is 24.5 Å². The molecule has 1 heterocycles. The molecular weight excluding hydrogens is 366 g/mol. The average molecular weight is 396 g/mol.